The van der Waals surface area contributed by atoms with E-state index in [1.807, 2.05) is 6.92 Å². The molecule has 0 saturated carbocycles. The molecule has 0 aromatic carbocycles. The Morgan fingerprint density at radius 1 is 1.23 bits per heavy atom. The highest BCUT2D eigenvalue weighted by molar-refractivity contribution is 6.73. The highest BCUT2D eigenvalue weighted by atomic mass is 28.4. The van der Waals surface area contributed by atoms with Gasteiger partial charge in [-0.15, -0.1) is 0 Å². The SMILES string of the molecule is CC[Si](CC)(CC)O[C](C)C(C)O. The van der Waals surface area contributed by atoms with Gasteiger partial charge in [0.05, 0.1) is 6.10 Å². The molecule has 0 aliphatic rings. The van der Waals surface area contributed by atoms with Gasteiger partial charge in [0.15, 0.2) is 8.32 Å². The van der Waals surface area contributed by atoms with Crippen molar-refractivity contribution >= 4 is 8.32 Å². The van der Waals surface area contributed by atoms with E-state index >= 15 is 0 Å². The van der Waals surface area contributed by atoms with Crippen LogP contribution in [0.2, 0.25) is 18.1 Å². The molecular formula is C10H23O2Si. The lowest BCUT2D eigenvalue weighted by molar-refractivity contribution is 0.124. The fourth-order valence-corrected chi connectivity index (χ4v) is 4.18. The molecule has 13 heavy (non-hydrogen) atoms. The zero-order valence-electron chi connectivity index (χ0n) is 9.55. The lowest BCUT2D eigenvalue weighted by Crippen LogP contribution is -2.38. The van der Waals surface area contributed by atoms with E-state index in [0.717, 1.165) is 24.2 Å². The predicted octanol–water partition coefficient (Wildman–Crippen LogP) is 2.94. The van der Waals surface area contributed by atoms with Crippen LogP contribution in [0.5, 0.6) is 0 Å². The Labute approximate surface area is 83.4 Å². The lowest BCUT2D eigenvalue weighted by atomic mass is 10.3. The molecule has 1 radical (unpaired) electrons. The topological polar surface area (TPSA) is 29.5 Å². The average molecular weight is 203 g/mol. The van der Waals surface area contributed by atoms with Gasteiger partial charge in [-0.1, -0.05) is 20.8 Å². The Hall–Kier alpha value is 0.137. The highest BCUT2D eigenvalue weighted by Crippen LogP contribution is 2.26. The number of rotatable bonds is 6. The van der Waals surface area contributed by atoms with Crippen LogP contribution in [0.3, 0.4) is 0 Å². The van der Waals surface area contributed by atoms with Gasteiger partial charge < -0.3 is 9.53 Å². The summed E-state index contributed by atoms with van der Waals surface area (Å²) in [5.41, 5.74) is 0. The van der Waals surface area contributed by atoms with Crippen molar-refractivity contribution < 1.29 is 9.53 Å². The minimum absolute atomic E-state index is 0.434. The maximum absolute atomic E-state index is 9.33. The molecule has 0 aromatic rings. The van der Waals surface area contributed by atoms with Gasteiger partial charge in [0.25, 0.3) is 0 Å². The molecule has 0 rings (SSSR count). The minimum atomic E-state index is -1.54. The first-order valence-electron chi connectivity index (χ1n) is 5.21. The van der Waals surface area contributed by atoms with E-state index in [1.54, 1.807) is 6.92 Å². The van der Waals surface area contributed by atoms with Crippen molar-refractivity contribution in [3.63, 3.8) is 0 Å². The summed E-state index contributed by atoms with van der Waals surface area (Å²) in [7, 11) is -1.54. The smallest absolute Gasteiger partial charge is 0.193 e. The van der Waals surface area contributed by atoms with E-state index in [-0.39, 0.29) is 0 Å². The molecule has 0 aromatic heterocycles. The summed E-state index contributed by atoms with van der Waals surface area (Å²) < 4.78 is 5.95. The van der Waals surface area contributed by atoms with Crippen LogP contribution in [0.1, 0.15) is 34.6 Å². The summed E-state index contributed by atoms with van der Waals surface area (Å²) in [6, 6.07) is 3.39. The number of aliphatic hydroxyl groups is 1. The van der Waals surface area contributed by atoms with Crippen molar-refractivity contribution in [3.05, 3.63) is 6.10 Å². The number of hydrogen-bond acceptors (Lipinski definition) is 2. The second kappa shape index (κ2) is 5.78. The Kier molecular flexibility index (Phi) is 5.84. The average Bonchev–Trinajstić information content (AvgIpc) is 2.14. The highest BCUT2D eigenvalue weighted by Gasteiger charge is 2.32. The first kappa shape index (κ1) is 13.1. The first-order valence-corrected chi connectivity index (χ1v) is 7.74. The zero-order valence-corrected chi connectivity index (χ0v) is 10.6. The van der Waals surface area contributed by atoms with Gasteiger partial charge in [-0.3, -0.25) is 0 Å². The fraction of sp³-hybridized carbons (Fsp3) is 0.900. The van der Waals surface area contributed by atoms with E-state index in [2.05, 4.69) is 20.8 Å². The zero-order chi connectivity index (χ0) is 10.5. The Bertz CT molecular complexity index is 125. The predicted molar refractivity (Wildman–Crippen MR) is 58.9 cm³/mol. The third kappa shape index (κ3) is 3.79. The van der Waals surface area contributed by atoms with Gasteiger partial charge in [0.1, 0.15) is 6.10 Å². The van der Waals surface area contributed by atoms with Crippen LogP contribution in [0.15, 0.2) is 0 Å². The molecular weight excluding hydrogens is 180 g/mol. The molecule has 3 heteroatoms. The Balaban J connectivity index is 4.24. The molecule has 0 amide bonds. The normalized spacial score (nSPS) is 15.0. The van der Waals surface area contributed by atoms with Crippen molar-refractivity contribution in [1.29, 1.82) is 0 Å². The third-order valence-corrected chi connectivity index (χ3v) is 7.52. The number of aliphatic hydroxyl groups excluding tert-OH is 1. The quantitative estimate of drug-likeness (QED) is 0.673. The Morgan fingerprint density at radius 2 is 1.62 bits per heavy atom. The summed E-state index contributed by atoms with van der Waals surface area (Å²) in [5, 5.41) is 9.33. The van der Waals surface area contributed by atoms with Gasteiger partial charge in [-0.05, 0) is 32.0 Å². The van der Waals surface area contributed by atoms with Gasteiger partial charge in [0, 0.05) is 0 Å². The first-order chi connectivity index (χ1) is 6.01. The maximum Gasteiger partial charge on any atom is 0.193 e. The van der Waals surface area contributed by atoms with Crippen molar-refractivity contribution in [2.45, 2.75) is 58.9 Å². The molecule has 1 unspecified atom stereocenters. The van der Waals surface area contributed by atoms with Gasteiger partial charge >= 0.3 is 0 Å². The molecule has 2 nitrogen and oxygen atoms in total. The maximum atomic E-state index is 9.33. The molecule has 0 fully saturated rings. The summed E-state index contributed by atoms with van der Waals surface area (Å²) in [5.74, 6) is 0. The van der Waals surface area contributed by atoms with Crippen molar-refractivity contribution in [1.82, 2.24) is 0 Å². The van der Waals surface area contributed by atoms with Crippen LogP contribution in [-0.2, 0) is 4.43 Å². The fourth-order valence-electron chi connectivity index (χ4n) is 1.39. The summed E-state index contributed by atoms with van der Waals surface area (Å²) in [6.45, 7) is 10.2. The molecule has 0 bridgehead atoms. The van der Waals surface area contributed by atoms with Crippen LogP contribution in [0.4, 0.5) is 0 Å². The van der Waals surface area contributed by atoms with E-state index in [0.29, 0.717) is 0 Å². The second-order valence-electron chi connectivity index (χ2n) is 3.63. The summed E-state index contributed by atoms with van der Waals surface area (Å²) >= 11 is 0. The van der Waals surface area contributed by atoms with E-state index < -0.39 is 14.4 Å². The standard InChI is InChI=1S/C10H23O2Si/c1-6-13(7-2,8-3)12-10(5)9(4)11/h9,11H,6-8H2,1-5H3. The van der Waals surface area contributed by atoms with E-state index in [1.165, 1.54) is 0 Å². The van der Waals surface area contributed by atoms with Crippen molar-refractivity contribution in [3.8, 4) is 0 Å². The van der Waals surface area contributed by atoms with E-state index in [9.17, 15) is 5.11 Å². The van der Waals surface area contributed by atoms with Crippen LogP contribution in [0, 0.1) is 6.10 Å². The molecule has 0 saturated heterocycles. The van der Waals surface area contributed by atoms with E-state index in [4.69, 9.17) is 4.43 Å². The molecule has 79 valence electrons. The second-order valence-corrected chi connectivity index (χ2v) is 8.32. The van der Waals surface area contributed by atoms with Gasteiger partial charge in [-0.25, -0.2) is 0 Å². The lowest BCUT2D eigenvalue weighted by Gasteiger charge is -2.32. The molecule has 0 aliphatic carbocycles. The molecule has 1 atom stereocenters. The van der Waals surface area contributed by atoms with Gasteiger partial charge in [-0.2, -0.15) is 0 Å². The molecule has 0 aliphatic heterocycles. The summed E-state index contributed by atoms with van der Waals surface area (Å²) in [4.78, 5) is 0. The monoisotopic (exact) mass is 203 g/mol. The summed E-state index contributed by atoms with van der Waals surface area (Å²) in [6.07, 6.45) is 0.355. The van der Waals surface area contributed by atoms with Crippen LogP contribution >= 0.6 is 0 Å². The number of hydrogen-bond donors (Lipinski definition) is 1. The van der Waals surface area contributed by atoms with Crippen molar-refractivity contribution in [2.24, 2.45) is 0 Å². The molecule has 0 spiro atoms. The van der Waals surface area contributed by atoms with Crippen LogP contribution < -0.4 is 0 Å². The van der Waals surface area contributed by atoms with Crippen LogP contribution in [-0.4, -0.2) is 19.5 Å². The van der Waals surface area contributed by atoms with Crippen LogP contribution in [0.25, 0.3) is 0 Å². The third-order valence-electron chi connectivity index (χ3n) is 2.90. The van der Waals surface area contributed by atoms with Gasteiger partial charge in [0.2, 0.25) is 0 Å². The largest absolute Gasteiger partial charge is 0.406 e. The minimum Gasteiger partial charge on any atom is -0.406 e. The Morgan fingerprint density at radius 3 is 1.85 bits per heavy atom. The van der Waals surface area contributed by atoms with Crippen molar-refractivity contribution in [2.75, 3.05) is 0 Å². The molecule has 0 heterocycles. The molecule has 1 N–H and O–H groups in total.